The molecule has 1 heterocycles. The molecule has 104 valence electrons. The fourth-order valence-corrected chi connectivity index (χ4v) is 4.02. The van der Waals surface area contributed by atoms with Gasteiger partial charge in [0, 0.05) is 13.0 Å². The van der Waals surface area contributed by atoms with Crippen LogP contribution >= 0.6 is 0 Å². The van der Waals surface area contributed by atoms with E-state index in [0.29, 0.717) is 11.9 Å². The van der Waals surface area contributed by atoms with Crippen LogP contribution in [0.4, 0.5) is 0 Å². The van der Waals surface area contributed by atoms with Crippen LogP contribution in [0.1, 0.15) is 57.9 Å². The lowest BCUT2D eigenvalue weighted by Gasteiger charge is -2.42. The quantitative estimate of drug-likeness (QED) is 0.768. The second-order valence-corrected chi connectivity index (χ2v) is 5.94. The lowest BCUT2D eigenvalue weighted by atomic mass is 9.68. The van der Waals surface area contributed by atoms with Crippen LogP contribution in [0.2, 0.25) is 0 Å². The number of ether oxygens (including phenoxy) is 1. The summed E-state index contributed by atoms with van der Waals surface area (Å²) in [5.74, 6) is 1.95. The van der Waals surface area contributed by atoms with Gasteiger partial charge in [0.1, 0.15) is 0 Å². The Kier molecular flexibility index (Phi) is 3.58. The third-order valence-electron chi connectivity index (χ3n) is 4.77. The summed E-state index contributed by atoms with van der Waals surface area (Å²) in [5, 5.41) is 0. The van der Waals surface area contributed by atoms with Crippen molar-refractivity contribution in [2.75, 3.05) is 0 Å². The van der Waals surface area contributed by atoms with Gasteiger partial charge in [-0.05, 0) is 24.7 Å². The van der Waals surface area contributed by atoms with E-state index in [1.165, 1.54) is 51.9 Å². The van der Waals surface area contributed by atoms with Crippen LogP contribution in [-0.2, 0) is 4.79 Å². The predicted octanol–water partition coefficient (Wildman–Crippen LogP) is 3.34. The Balaban J connectivity index is 1.83. The van der Waals surface area contributed by atoms with Crippen LogP contribution in [-0.4, -0.2) is 15.5 Å². The Labute approximate surface area is 114 Å². The molecule has 1 aromatic rings. The van der Waals surface area contributed by atoms with Gasteiger partial charge in [-0.3, -0.25) is 9.36 Å². The summed E-state index contributed by atoms with van der Waals surface area (Å²) < 4.78 is 7.38. The number of hydrogen-bond donors (Lipinski definition) is 0. The first-order valence-corrected chi connectivity index (χ1v) is 7.46. The van der Waals surface area contributed by atoms with E-state index < -0.39 is 0 Å². The van der Waals surface area contributed by atoms with Crippen molar-refractivity contribution in [1.29, 1.82) is 0 Å². The van der Waals surface area contributed by atoms with Gasteiger partial charge in [-0.1, -0.05) is 32.1 Å². The molecule has 4 nitrogen and oxygen atoms in total. The number of hydrogen-bond acceptors (Lipinski definition) is 3. The number of carbonyl (C=O) groups excluding carboxylic acids is 1. The highest BCUT2D eigenvalue weighted by Crippen LogP contribution is 2.46. The molecule has 3 rings (SSSR count). The van der Waals surface area contributed by atoms with Crippen molar-refractivity contribution in [3.63, 3.8) is 0 Å². The number of fused-ring (bicyclic) bond motifs is 1. The average molecular weight is 262 g/mol. The second-order valence-electron chi connectivity index (χ2n) is 5.94. The molecule has 4 heteroatoms. The summed E-state index contributed by atoms with van der Waals surface area (Å²) in [4.78, 5) is 15.3. The molecule has 0 aromatic carbocycles. The smallest absolute Gasteiger partial charge is 0.309 e. The normalized spacial score (nSPS) is 30.7. The fourth-order valence-electron chi connectivity index (χ4n) is 4.02. The SMILES string of the molecule is CC(=O)Oc1cncn1[C@@H]1CCC[C@H]2CCCC[C@H]21. The molecule has 19 heavy (non-hydrogen) atoms. The third kappa shape index (κ3) is 2.53. The van der Waals surface area contributed by atoms with Crippen molar-refractivity contribution < 1.29 is 9.53 Å². The molecule has 0 aliphatic heterocycles. The average Bonchev–Trinajstić information content (AvgIpc) is 2.85. The molecule has 2 aliphatic carbocycles. The van der Waals surface area contributed by atoms with Gasteiger partial charge in [0.05, 0.1) is 12.5 Å². The minimum Gasteiger partial charge on any atom is -0.408 e. The summed E-state index contributed by atoms with van der Waals surface area (Å²) in [6, 6.07) is 0.468. The number of nitrogens with zero attached hydrogens (tertiary/aromatic N) is 2. The number of aromatic nitrogens is 2. The van der Waals surface area contributed by atoms with E-state index in [9.17, 15) is 4.79 Å². The fraction of sp³-hybridized carbons (Fsp3) is 0.733. The highest BCUT2D eigenvalue weighted by atomic mass is 16.5. The summed E-state index contributed by atoms with van der Waals surface area (Å²) in [6.45, 7) is 1.45. The topological polar surface area (TPSA) is 44.1 Å². The van der Waals surface area contributed by atoms with E-state index in [2.05, 4.69) is 9.55 Å². The number of imidazole rings is 1. The summed E-state index contributed by atoms with van der Waals surface area (Å²) in [7, 11) is 0. The standard InChI is InChI=1S/C15H22N2O2/c1-11(18)19-15-9-16-10-17(15)14-8-4-6-12-5-2-3-7-13(12)14/h9-10,12-14H,2-8H2,1H3/t12-,13-,14-/m1/s1. The van der Waals surface area contributed by atoms with Gasteiger partial charge in [-0.15, -0.1) is 0 Å². The maximum Gasteiger partial charge on any atom is 0.309 e. The molecule has 0 spiro atoms. The zero-order valence-electron chi connectivity index (χ0n) is 11.5. The second kappa shape index (κ2) is 5.35. The first-order chi connectivity index (χ1) is 9.25. The molecule has 2 saturated carbocycles. The molecule has 0 N–H and O–H groups in total. The monoisotopic (exact) mass is 262 g/mol. The maximum atomic E-state index is 11.2. The van der Waals surface area contributed by atoms with Gasteiger partial charge in [-0.25, -0.2) is 4.98 Å². The number of carbonyl (C=O) groups is 1. The van der Waals surface area contributed by atoms with Crippen molar-refractivity contribution in [2.45, 2.75) is 57.9 Å². The van der Waals surface area contributed by atoms with E-state index in [1.54, 1.807) is 6.20 Å². The predicted molar refractivity (Wildman–Crippen MR) is 71.9 cm³/mol. The van der Waals surface area contributed by atoms with Gasteiger partial charge in [0.15, 0.2) is 0 Å². The molecule has 0 bridgehead atoms. The summed E-state index contributed by atoms with van der Waals surface area (Å²) >= 11 is 0. The molecule has 0 amide bonds. The van der Waals surface area contributed by atoms with E-state index in [-0.39, 0.29) is 5.97 Å². The van der Waals surface area contributed by atoms with Crippen LogP contribution in [0.5, 0.6) is 5.88 Å². The Bertz CT molecular complexity index is 453. The zero-order valence-corrected chi connectivity index (χ0v) is 11.5. The molecule has 1 aromatic heterocycles. The van der Waals surface area contributed by atoms with Gasteiger partial charge in [-0.2, -0.15) is 0 Å². The van der Waals surface area contributed by atoms with Crippen molar-refractivity contribution in [2.24, 2.45) is 11.8 Å². The minimum absolute atomic E-state index is 0.266. The lowest BCUT2D eigenvalue weighted by molar-refractivity contribution is -0.132. The maximum absolute atomic E-state index is 11.2. The van der Waals surface area contributed by atoms with Crippen molar-refractivity contribution >= 4 is 5.97 Å². The van der Waals surface area contributed by atoms with E-state index >= 15 is 0 Å². The Morgan fingerprint density at radius 1 is 1.26 bits per heavy atom. The van der Waals surface area contributed by atoms with Gasteiger partial charge in [0.25, 0.3) is 0 Å². The zero-order chi connectivity index (χ0) is 13.2. The molecular formula is C15H22N2O2. The third-order valence-corrected chi connectivity index (χ3v) is 4.77. The highest BCUT2D eigenvalue weighted by molar-refractivity contribution is 5.68. The summed E-state index contributed by atoms with van der Waals surface area (Å²) in [5.41, 5.74) is 0. The molecule has 2 fully saturated rings. The largest absolute Gasteiger partial charge is 0.408 e. The van der Waals surface area contributed by atoms with E-state index in [1.807, 2.05) is 6.33 Å². The highest BCUT2D eigenvalue weighted by Gasteiger charge is 2.36. The van der Waals surface area contributed by atoms with Crippen molar-refractivity contribution in [3.8, 4) is 5.88 Å². The molecule has 0 saturated heterocycles. The number of esters is 1. The number of rotatable bonds is 2. The Morgan fingerprint density at radius 2 is 2.05 bits per heavy atom. The first-order valence-electron chi connectivity index (χ1n) is 7.46. The molecule has 0 radical (unpaired) electrons. The summed E-state index contributed by atoms with van der Waals surface area (Å²) in [6.07, 6.45) is 12.7. The molecule has 0 unspecified atom stereocenters. The van der Waals surface area contributed by atoms with E-state index in [4.69, 9.17) is 4.74 Å². The lowest BCUT2D eigenvalue weighted by Crippen LogP contribution is -2.32. The van der Waals surface area contributed by atoms with E-state index in [0.717, 1.165) is 11.8 Å². The van der Waals surface area contributed by atoms with Gasteiger partial charge < -0.3 is 4.74 Å². The molecule has 3 atom stereocenters. The Hall–Kier alpha value is -1.32. The van der Waals surface area contributed by atoms with Crippen LogP contribution < -0.4 is 4.74 Å². The van der Waals surface area contributed by atoms with Gasteiger partial charge >= 0.3 is 5.97 Å². The first kappa shape index (κ1) is 12.7. The Morgan fingerprint density at radius 3 is 2.89 bits per heavy atom. The van der Waals surface area contributed by atoms with Crippen LogP contribution in [0.25, 0.3) is 0 Å². The minimum atomic E-state index is -0.266. The molecule has 2 aliphatic rings. The van der Waals surface area contributed by atoms with Crippen molar-refractivity contribution in [3.05, 3.63) is 12.5 Å². The van der Waals surface area contributed by atoms with Crippen LogP contribution in [0, 0.1) is 11.8 Å². The van der Waals surface area contributed by atoms with Crippen LogP contribution in [0.15, 0.2) is 12.5 Å². The van der Waals surface area contributed by atoms with Crippen LogP contribution in [0.3, 0.4) is 0 Å². The van der Waals surface area contributed by atoms with Crippen molar-refractivity contribution in [1.82, 2.24) is 9.55 Å². The van der Waals surface area contributed by atoms with Gasteiger partial charge in [0.2, 0.25) is 5.88 Å². The molecular weight excluding hydrogens is 240 g/mol.